The van der Waals surface area contributed by atoms with Crippen molar-refractivity contribution in [2.45, 2.75) is 26.7 Å². The van der Waals surface area contributed by atoms with Crippen LogP contribution in [0.3, 0.4) is 0 Å². The molecule has 1 amide bonds. The Morgan fingerprint density at radius 3 is 2.67 bits per heavy atom. The van der Waals surface area contributed by atoms with Crippen LogP contribution in [0, 0.1) is 6.92 Å². The van der Waals surface area contributed by atoms with E-state index in [1.165, 1.54) is 0 Å². The van der Waals surface area contributed by atoms with Crippen LogP contribution in [-0.2, 0) is 0 Å². The first kappa shape index (κ1) is 14.4. The molecule has 0 saturated heterocycles. The van der Waals surface area contributed by atoms with Gasteiger partial charge in [0.05, 0.1) is 6.54 Å². The first-order chi connectivity index (χ1) is 8.54. The molecule has 1 rings (SSSR count). The van der Waals surface area contributed by atoms with Crippen molar-refractivity contribution in [3.63, 3.8) is 0 Å². The summed E-state index contributed by atoms with van der Waals surface area (Å²) in [6.07, 6.45) is -1.52. The van der Waals surface area contributed by atoms with E-state index in [2.05, 4.69) is 17.6 Å². The summed E-state index contributed by atoms with van der Waals surface area (Å²) in [5.41, 5.74) is 2.28. The molecule has 0 bridgehead atoms. The molecule has 0 aliphatic heterocycles. The number of hydrogen-bond acceptors (Lipinski definition) is 2. The first-order valence-electron chi connectivity index (χ1n) is 5.95. The number of benzene rings is 1. The van der Waals surface area contributed by atoms with Crippen LogP contribution >= 0.6 is 0 Å². The van der Waals surface area contributed by atoms with E-state index in [9.17, 15) is 13.6 Å². The molecule has 0 aromatic heterocycles. The zero-order valence-electron chi connectivity index (χ0n) is 10.6. The van der Waals surface area contributed by atoms with Crippen LogP contribution in [0.2, 0.25) is 0 Å². The van der Waals surface area contributed by atoms with Crippen molar-refractivity contribution in [2.24, 2.45) is 0 Å². The third-order valence-electron chi connectivity index (χ3n) is 2.47. The Kier molecular flexibility index (Phi) is 5.55. The molecule has 0 radical (unpaired) electrons. The van der Waals surface area contributed by atoms with Gasteiger partial charge in [-0.2, -0.15) is 0 Å². The van der Waals surface area contributed by atoms with E-state index in [0.717, 1.165) is 24.2 Å². The third kappa shape index (κ3) is 4.31. The highest BCUT2D eigenvalue weighted by Crippen LogP contribution is 2.16. The number of anilines is 1. The van der Waals surface area contributed by atoms with Crippen LogP contribution in [0.4, 0.5) is 14.5 Å². The average molecular weight is 256 g/mol. The number of amides is 1. The average Bonchev–Trinajstić information content (AvgIpc) is 2.34. The lowest BCUT2D eigenvalue weighted by Crippen LogP contribution is -2.28. The minimum atomic E-state index is -2.53. The number of nitrogens with one attached hydrogen (secondary N) is 2. The molecule has 100 valence electrons. The van der Waals surface area contributed by atoms with Gasteiger partial charge < -0.3 is 10.6 Å². The third-order valence-corrected chi connectivity index (χ3v) is 2.47. The van der Waals surface area contributed by atoms with Crippen molar-refractivity contribution in [1.82, 2.24) is 5.32 Å². The number of rotatable bonds is 6. The Bertz CT molecular complexity index is 408. The van der Waals surface area contributed by atoms with Gasteiger partial charge in [-0.25, -0.2) is 8.78 Å². The second kappa shape index (κ2) is 6.93. The van der Waals surface area contributed by atoms with Crippen LogP contribution < -0.4 is 10.6 Å². The first-order valence-corrected chi connectivity index (χ1v) is 5.95. The fourth-order valence-electron chi connectivity index (χ4n) is 1.53. The lowest BCUT2D eigenvalue weighted by Gasteiger charge is -2.10. The fraction of sp³-hybridized carbons (Fsp3) is 0.462. The molecule has 18 heavy (non-hydrogen) atoms. The minimum absolute atomic E-state index is 0.398. The Hall–Kier alpha value is -1.65. The van der Waals surface area contributed by atoms with Gasteiger partial charge in [0.1, 0.15) is 0 Å². The standard InChI is InChI=1S/C13H18F2N2O/c1-3-6-16-11-5-4-10(7-9(11)2)13(18)17-8-12(14)15/h4-5,7,12,16H,3,6,8H2,1-2H3,(H,17,18). The predicted molar refractivity (Wildman–Crippen MR) is 68.3 cm³/mol. The van der Waals surface area contributed by atoms with E-state index in [4.69, 9.17) is 0 Å². The van der Waals surface area contributed by atoms with Gasteiger partial charge in [0.15, 0.2) is 0 Å². The van der Waals surface area contributed by atoms with Crippen molar-refractivity contribution >= 4 is 11.6 Å². The van der Waals surface area contributed by atoms with Gasteiger partial charge in [-0.1, -0.05) is 6.92 Å². The van der Waals surface area contributed by atoms with Crippen LogP contribution in [0.1, 0.15) is 29.3 Å². The molecule has 0 aliphatic carbocycles. The monoisotopic (exact) mass is 256 g/mol. The molecule has 0 heterocycles. The van der Waals surface area contributed by atoms with Crippen molar-refractivity contribution in [3.8, 4) is 0 Å². The van der Waals surface area contributed by atoms with Gasteiger partial charge in [-0.15, -0.1) is 0 Å². The summed E-state index contributed by atoms with van der Waals surface area (Å²) in [7, 11) is 0. The zero-order chi connectivity index (χ0) is 13.5. The van der Waals surface area contributed by atoms with E-state index in [-0.39, 0.29) is 0 Å². The number of aryl methyl sites for hydroxylation is 1. The Balaban J connectivity index is 2.68. The van der Waals surface area contributed by atoms with Gasteiger partial charge in [0.2, 0.25) is 0 Å². The summed E-state index contributed by atoms with van der Waals surface area (Å²) in [4.78, 5) is 11.6. The Morgan fingerprint density at radius 1 is 1.39 bits per heavy atom. The summed E-state index contributed by atoms with van der Waals surface area (Å²) in [5, 5.41) is 5.41. The Morgan fingerprint density at radius 2 is 2.11 bits per heavy atom. The fourth-order valence-corrected chi connectivity index (χ4v) is 1.53. The molecule has 5 heteroatoms. The summed E-state index contributed by atoms with van der Waals surface area (Å²) in [6, 6.07) is 5.12. The van der Waals surface area contributed by atoms with Gasteiger partial charge in [0, 0.05) is 17.8 Å². The number of hydrogen-bond donors (Lipinski definition) is 2. The minimum Gasteiger partial charge on any atom is -0.385 e. The van der Waals surface area contributed by atoms with E-state index in [1.807, 2.05) is 6.92 Å². The lowest BCUT2D eigenvalue weighted by molar-refractivity contribution is 0.0891. The second-order valence-electron chi connectivity index (χ2n) is 4.06. The maximum absolute atomic E-state index is 12.0. The van der Waals surface area contributed by atoms with Crippen LogP contribution in [0.15, 0.2) is 18.2 Å². The summed E-state index contributed by atoms with van der Waals surface area (Å²) >= 11 is 0. The number of carbonyl (C=O) groups is 1. The van der Waals surface area contributed by atoms with Gasteiger partial charge in [-0.05, 0) is 37.1 Å². The smallest absolute Gasteiger partial charge is 0.255 e. The molecule has 0 unspecified atom stereocenters. The molecule has 3 nitrogen and oxygen atoms in total. The van der Waals surface area contributed by atoms with Crippen molar-refractivity contribution in [2.75, 3.05) is 18.4 Å². The molecule has 1 aromatic rings. The normalized spacial score (nSPS) is 10.5. The van der Waals surface area contributed by atoms with Crippen LogP contribution in [0.5, 0.6) is 0 Å². The summed E-state index contributed by atoms with van der Waals surface area (Å²) < 4.78 is 23.9. The van der Waals surface area contributed by atoms with Crippen molar-refractivity contribution in [1.29, 1.82) is 0 Å². The summed E-state index contributed by atoms with van der Waals surface area (Å²) in [5.74, 6) is -0.472. The zero-order valence-corrected chi connectivity index (χ0v) is 10.6. The number of halogens is 2. The molecular formula is C13H18F2N2O. The second-order valence-corrected chi connectivity index (χ2v) is 4.06. The maximum Gasteiger partial charge on any atom is 0.255 e. The molecule has 1 aromatic carbocycles. The molecule has 2 N–H and O–H groups in total. The lowest BCUT2D eigenvalue weighted by atomic mass is 10.1. The van der Waals surface area contributed by atoms with Gasteiger partial charge in [-0.3, -0.25) is 4.79 Å². The van der Waals surface area contributed by atoms with E-state index in [1.54, 1.807) is 18.2 Å². The van der Waals surface area contributed by atoms with Gasteiger partial charge in [0.25, 0.3) is 12.3 Å². The maximum atomic E-state index is 12.0. The number of alkyl halides is 2. The molecule has 0 saturated carbocycles. The van der Waals surface area contributed by atoms with E-state index < -0.39 is 18.9 Å². The largest absolute Gasteiger partial charge is 0.385 e. The van der Waals surface area contributed by atoms with Crippen LogP contribution in [0.25, 0.3) is 0 Å². The predicted octanol–water partition coefficient (Wildman–Crippen LogP) is 2.81. The SMILES string of the molecule is CCCNc1ccc(C(=O)NCC(F)F)cc1C. The molecule has 0 spiro atoms. The van der Waals surface area contributed by atoms with E-state index in [0.29, 0.717) is 5.56 Å². The Labute approximate surface area is 106 Å². The van der Waals surface area contributed by atoms with Crippen LogP contribution in [-0.4, -0.2) is 25.4 Å². The summed E-state index contributed by atoms with van der Waals surface area (Å²) in [6.45, 7) is 4.18. The quantitative estimate of drug-likeness (QED) is 0.821. The molecule has 0 aliphatic rings. The molecule has 0 atom stereocenters. The highest BCUT2D eigenvalue weighted by molar-refractivity contribution is 5.94. The topological polar surface area (TPSA) is 41.1 Å². The highest BCUT2D eigenvalue weighted by Gasteiger charge is 2.09. The number of carbonyl (C=O) groups excluding carboxylic acids is 1. The van der Waals surface area contributed by atoms with Gasteiger partial charge >= 0.3 is 0 Å². The molecular weight excluding hydrogens is 238 g/mol. The highest BCUT2D eigenvalue weighted by atomic mass is 19.3. The molecule has 0 fully saturated rings. The van der Waals surface area contributed by atoms with Crippen molar-refractivity contribution < 1.29 is 13.6 Å². The van der Waals surface area contributed by atoms with E-state index >= 15 is 0 Å². The van der Waals surface area contributed by atoms with Crippen molar-refractivity contribution in [3.05, 3.63) is 29.3 Å².